The number of rotatable bonds is 5. The Labute approximate surface area is 111 Å². The Morgan fingerprint density at radius 3 is 2.89 bits per heavy atom. The summed E-state index contributed by atoms with van der Waals surface area (Å²) in [5.74, 6) is 0.000414. The quantitative estimate of drug-likeness (QED) is 0.815. The Kier molecular flexibility index (Phi) is 5.46. The van der Waals surface area contributed by atoms with Crippen LogP contribution in [-0.2, 0) is 9.53 Å². The average Bonchev–Trinajstić information content (AvgIpc) is 2.45. The topological polar surface area (TPSA) is 38.3 Å². The zero-order chi connectivity index (χ0) is 12.6. The number of hydrogen-bond acceptors (Lipinski definition) is 2. The fourth-order valence-electron chi connectivity index (χ4n) is 2.48. The number of nitrogens with one attached hydrogen (secondary N) is 1. The highest BCUT2D eigenvalue weighted by molar-refractivity contribution is 5.77. The Morgan fingerprint density at radius 2 is 2.17 bits per heavy atom. The second-order valence-corrected chi connectivity index (χ2v) is 5.11. The summed E-state index contributed by atoms with van der Waals surface area (Å²) in [4.78, 5) is 11.6. The van der Waals surface area contributed by atoms with Crippen LogP contribution in [0.15, 0.2) is 23.8 Å². The molecular formula is C15H25NO2. The molecule has 2 aliphatic rings. The largest absolute Gasteiger partial charge is 0.368 e. The lowest BCUT2D eigenvalue weighted by Crippen LogP contribution is -2.31. The molecule has 3 nitrogen and oxygen atoms in total. The van der Waals surface area contributed by atoms with Gasteiger partial charge in [0.15, 0.2) is 0 Å². The molecule has 102 valence electrons. The molecule has 0 saturated heterocycles. The molecule has 0 spiro atoms. The molecular weight excluding hydrogens is 226 g/mol. The number of ether oxygens (including phenoxy) is 1. The summed E-state index contributed by atoms with van der Waals surface area (Å²) in [6.07, 6.45) is 14.9. The Balaban J connectivity index is 0.00000180. The van der Waals surface area contributed by atoms with Gasteiger partial charge in [-0.1, -0.05) is 37.5 Å². The van der Waals surface area contributed by atoms with Crippen molar-refractivity contribution in [2.24, 2.45) is 0 Å². The molecule has 2 rings (SSSR count). The number of allylic oxidation sites excluding steroid dienone is 2. The maximum absolute atomic E-state index is 11.6. The van der Waals surface area contributed by atoms with E-state index >= 15 is 0 Å². The summed E-state index contributed by atoms with van der Waals surface area (Å²) in [6, 6.07) is 0. The molecule has 0 aliphatic heterocycles. The van der Waals surface area contributed by atoms with Gasteiger partial charge in [-0.3, -0.25) is 4.79 Å². The van der Waals surface area contributed by atoms with E-state index in [4.69, 9.17) is 4.74 Å². The van der Waals surface area contributed by atoms with Crippen molar-refractivity contribution in [2.45, 2.75) is 51.0 Å². The summed E-state index contributed by atoms with van der Waals surface area (Å²) in [5.41, 5.74) is 1.20. The SMILES string of the molecule is O=C(COC1CCCCC1)NCC1=CCCC=C1.[HH]. The van der Waals surface area contributed by atoms with Crippen LogP contribution < -0.4 is 5.32 Å². The molecule has 0 atom stereocenters. The van der Waals surface area contributed by atoms with Gasteiger partial charge in [-0.15, -0.1) is 0 Å². The molecule has 1 fully saturated rings. The summed E-state index contributed by atoms with van der Waals surface area (Å²) in [7, 11) is 0. The smallest absolute Gasteiger partial charge is 0.246 e. The van der Waals surface area contributed by atoms with E-state index in [-0.39, 0.29) is 13.9 Å². The van der Waals surface area contributed by atoms with Crippen LogP contribution in [0, 0.1) is 0 Å². The third kappa shape index (κ3) is 4.65. The Bertz CT molecular complexity index is 333. The van der Waals surface area contributed by atoms with E-state index < -0.39 is 0 Å². The second-order valence-electron chi connectivity index (χ2n) is 5.11. The molecule has 3 heteroatoms. The molecule has 0 aromatic heterocycles. The first kappa shape index (κ1) is 13.3. The maximum atomic E-state index is 11.6. The molecule has 0 aromatic rings. The van der Waals surface area contributed by atoms with E-state index in [1.807, 2.05) is 0 Å². The van der Waals surface area contributed by atoms with Gasteiger partial charge in [0.2, 0.25) is 5.91 Å². The molecule has 18 heavy (non-hydrogen) atoms. The van der Waals surface area contributed by atoms with E-state index in [1.165, 1.54) is 24.8 Å². The van der Waals surface area contributed by atoms with E-state index in [2.05, 4.69) is 23.5 Å². The molecule has 0 heterocycles. The normalized spacial score (nSPS) is 20.6. The van der Waals surface area contributed by atoms with Crippen molar-refractivity contribution in [3.63, 3.8) is 0 Å². The first-order valence-electron chi connectivity index (χ1n) is 7.08. The zero-order valence-electron chi connectivity index (χ0n) is 11.0. The number of carbonyl (C=O) groups is 1. The van der Waals surface area contributed by atoms with E-state index in [9.17, 15) is 4.79 Å². The summed E-state index contributed by atoms with van der Waals surface area (Å²) >= 11 is 0. The van der Waals surface area contributed by atoms with Gasteiger partial charge >= 0.3 is 0 Å². The summed E-state index contributed by atoms with van der Waals surface area (Å²) in [6.45, 7) is 0.838. The lowest BCUT2D eigenvalue weighted by atomic mass is 9.98. The maximum Gasteiger partial charge on any atom is 0.246 e. The van der Waals surface area contributed by atoms with Crippen molar-refractivity contribution in [3.8, 4) is 0 Å². The van der Waals surface area contributed by atoms with Crippen LogP contribution in [0.3, 0.4) is 0 Å². The Morgan fingerprint density at radius 1 is 1.33 bits per heavy atom. The van der Waals surface area contributed by atoms with Crippen molar-refractivity contribution in [2.75, 3.05) is 13.2 Å². The third-order valence-electron chi connectivity index (χ3n) is 3.56. The minimum Gasteiger partial charge on any atom is -0.368 e. The molecule has 1 N–H and O–H groups in total. The minimum absolute atomic E-state index is 0. The molecule has 1 amide bonds. The van der Waals surface area contributed by atoms with Gasteiger partial charge in [0.25, 0.3) is 0 Å². The molecule has 0 radical (unpaired) electrons. The molecule has 1 saturated carbocycles. The third-order valence-corrected chi connectivity index (χ3v) is 3.56. The number of carbonyl (C=O) groups excluding carboxylic acids is 1. The van der Waals surface area contributed by atoms with Crippen LogP contribution in [0.4, 0.5) is 0 Å². The van der Waals surface area contributed by atoms with Gasteiger partial charge in [0, 0.05) is 7.97 Å². The van der Waals surface area contributed by atoms with Crippen LogP contribution in [0.5, 0.6) is 0 Å². The monoisotopic (exact) mass is 251 g/mol. The molecule has 0 bridgehead atoms. The predicted molar refractivity (Wildman–Crippen MR) is 74.4 cm³/mol. The number of hydrogen-bond donors (Lipinski definition) is 1. The highest BCUT2D eigenvalue weighted by atomic mass is 16.5. The van der Waals surface area contributed by atoms with E-state index in [0.717, 1.165) is 25.7 Å². The van der Waals surface area contributed by atoms with Crippen molar-refractivity contribution in [1.29, 1.82) is 0 Å². The van der Waals surface area contributed by atoms with E-state index in [1.54, 1.807) is 0 Å². The fourth-order valence-corrected chi connectivity index (χ4v) is 2.48. The molecule has 0 unspecified atom stereocenters. The van der Waals surface area contributed by atoms with E-state index in [0.29, 0.717) is 12.6 Å². The average molecular weight is 251 g/mol. The lowest BCUT2D eigenvalue weighted by Gasteiger charge is -2.21. The van der Waals surface area contributed by atoms with Gasteiger partial charge in [0.1, 0.15) is 6.61 Å². The highest BCUT2D eigenvalue weighted by Crippen LogP contribution is 2.19. The van der Waals surface area contributed by atoms with Gasteiger partial charge in [-0.2, -0.15) is 0 Å². The summed E-state index contributed by atoms with van der Waals surface area (Å²) in [5, 5.41) is 2.91. The van der Waals surface area contributed by atoms with Gasteiger partial charge in [-0.25, -0.2) is 0 Å². The van der Waals surface area contributed by atoms with Crippen molar-refractivity contribution in [1.82, 2.24) is 5.32 Å². The van der Waals surface area contributed by atoms with Crippen molar-refractivity contribution >= 4 is 5.91 Å². The minimum atomic E-state index is 0. The van der Waals surface area contributed by atoms with Crippen LogP contribution in [0.2, 0.25) is 0 Å². The van der Waals surface area contributed by atoms with Gasteiger partial charge in [0.05, 0.1) is 6.10 Å². The first-order chi connectivity index (χ1) is 8.84. The van der Waals surface area contributed by atoms with Gasteiger partial charge < -0.3 is 10.1 Å². The van der Waals surface area contributed by atoms with Crippen molar-refractivity contribution in [3.05, 3.63) is 23.8 Å². The second kappa shape index (κ2) is 7.37. The van der Waals surface area contributed by atoms with Crippen LogP contribution in [-0.4, -0.2) is 25.2 Å². The van der Waals surface area contributed by atoms with Gasteiger partial charge in [-0.05, 0) is 31.3 Å². The number of amides is 1. The standard InChI is InChI=1S/C15H23NO2.H2/c17-15(12-18-14-9-5-2-6-10-14)16-11-13-7-3-1-4-8-13;/h3,7-8,14H,1-2,4-6,9-12H2,(H,16,17);1H. The van der Waals surface area contributed by atoms with Crippen LogP contribution in [0.25, 0.3) is 0 Å². The summed E-state index contributed by atoms with van der Waals surface area (Å²) < 4.78 is 5.64. The lowest BCUT2D eigenvalue weighted by molar-refractivity contribution is -0.128. The fraction of sp³-hybridized carbons (Fsp3) is 0.667. The zero-order valence-corrected chi connectivity index (χ0v) is 11.0. The first-order valence-corrected chi connectivity index (χ1v) is 7.08. The van der Waals surface area contributed by atoms with Crippen LogP contribution >= 0.6 is 0 Å². The van der Waals surface area contributed by atoms with Crippen LogP contribution in [0.1, 0.15) is 46.4 Å². The molecule has 0 aromatic carbocycles. The Hall–Kier alpha value is -1.09. The highest BCUT2D eigenvalue weighted by Gasteiger charge is 2.15. The predicted octanol–water partition coefficient (Wildman–Crippen LogP) is 2.97. The molecule has 2 aliphatic carbocycles. The van der Waals surface area contributed by atoms with Crippen molar-refractivity contribution < 1.29 is 11.0 Å².